The van der Waals surface area contributed by atoms with E-state index in [0.29, 0.717) is 0 Å². The molecule has 0 aromatic heterocycles. The van der Waals surface area contributed by atoms with Gasteiger partial charge < -0.3 is 5.11 Å². The van der Waals surface area contributed by atoms with Crippen LogP contribution in [0.15, 0.2) is 17.1 Å². The van der Waals surface area contributed by atoms with E-state index in [1.165, 1.54) is 0 Å². The Bertz CT molecular complexity index is 118. The third kappa shape index (κ3) is 1.17. The van der Waals surface area contributed by atoms with Gasteiger partial charge in [0.15, 0.2) is 0 Å². The monoisotopic (exact) mass is 111 g/mol. The highest BCUT2D eigenvalue weighted by Gasteiger charge is 2.01. The van der Waals surface area contributed by atoms with Crippen LogP contribution in [0.3, 0.4) is 0 Å². The van der Waals surface area contributed by atoms with Crippen LogP contribution >= 0.6 is 0 Å². The number of nitrogens with zero attached hydrogens (tertiary/aromatic N) is 1. The largest absolute Gasteiger partial charge is 0.396 e. The topological polar surface area (TPSA) is 32.6 Å². The van der Waals surface area contributed by atoms with Gasteiger partial charge in [0.2, 0.25) is 0 Å². The summed E-state index contributed by atoms with van der Waals surface area (Å²) in [6.45, 7) is 0.959. The van der Waals surface area contributed by atoms with E-state index >= 15 is 0 Å². The van der Waals surface area contributed by atoms with Crippen molar-refractivity contribution in [1.29, 1.82) is 0 Å². The lowest BCUT2D eigenvalue weighted by Crippen LogP contribution is -2.08. The first-order valence-corrected chi connectivity index (χ1v) is 2.71. The Morgan fingerprint density at radius 1 is 1.75 bits per heavy atom. The fourth-order valence-corrected chi connectivity index (χ4v) is 0.643. The molecule has 44 valence electrons. The van der Waals surface area contributed by atoms with E-state index in [1.54, 1.807) is 6.21 Å². The van der Waals surface area contributed by atoms with Crippen LogP contribution in [0.4, 0.5) is 0 Å². The van der Waals surface area contributed by atoms with Gasteiger partial charge in [0.1, 0.15) is 0 Å². The fraction of sp³-hybridized carbons (Fsp3) is 0.500. The molecule has 0 spiro atoms. The summed E-state index contributed by atoms with van der Waals surface area (Å²) >= 11 is 0. The van der Waals surface area contributed by atoms with E-state index in [1.807, 2.05) is 12.2 Å². The molecule has 0 aromatic carbocycles. The van der Waals surface area contributed by atoms with Gasteiger partial charge in [-0.1, -0.05) is 6.08 Å². The van der Waals surface area contributed by atoms with Crippen LogP contribution < -0.4 is 0 Å². The van der Waals surface area contributed by atoms with Gasteiger partial charge in [-0.05, 0) is 6.08 Å². The minimum absolute atomic E-state index is 0.216. The van der Waals surface area contributed by atoms with Crippen LogP contribution in [0.25, 0.3) is 0 Å². The molecule has 0 saturated heterocycles. The lowest BCUT2D eigenvalue weighted by molar-refractivity contribution is 0.256. The lowest BCUT2D eigenvalue weighted by atomic mass is 10.1. The van der Waals surface area contributed by atoms with Crippen molar-refractivity contribution < 1.29 is 5.11 Å². The van der Waals surface area contributed by atoms with Crippen LogP contribution in [0.2, 0.25) is 0 Å². The predicted octanol–water partition coefficient (Wildman–Crippen LogP) is 0.236. The van der Waals surface area contributed by atoms with E-state index in [0.717, 1.165) is 6.54 Å². The molecule has 0 bridgehead atoms. The van der Waals surface area contributed by atoms with Crippen molar-refractivity contribution in [2.45, 2.75) is 0 Å². The van der Waals surface area contributed by atoms with E-state index in [9.17, 15) is 0 Å². The van der Waals surface area contributed by atoms with E-state index in [2.05, 4.69) is 4.99 Å². The number of dihydropyridines is 1. The van der Waals surface area contributed by atoms with Crippen LogP contribution in [0.5, 0.6) is 0 Å². The van der Waals surface area contributed by atoms with Crippen LogP contribution in [-0.2, 0) is 0 Å². The molecule has 1 aliphatic rings. The fourth-order valence-electron chi connectivity index (χ4n) is 0.643. The number of aliphatic hydroxyl groups excluding tert-OH is 1. The molecule has 1 atom stereocenters. The number of aliphatic hydroxyl groups is 1. The Hall–Kier alpha value is -0.630. The standard InChI is InChI=1S/C6H9NO/c8-5-6-2-1-3-7-4-6/h1-3,6,8H,4-5H2. The molecule has 0 fully saturated rings. The average Bonchev–Trinajstić information content (AvgIpc) is 1.90. The maximum atomic E-state index is 8.57. The zero-order chi connectivity index (χ0) is 5.82. The van der Waals surface area contributed by atoms with Gasteiger partial charge in [-0.25, -0.2) is 0 Å². The van der Waals surface area contributed by atoms with Gasteiger partial charge in [-0.3, -0.25) is 4.99 Å². The summed E-state index contributed by atoms with van der Waals surface area (Å²) in [4.78, 5) is 3.96. The molecule has 1 unspecified atom stereocenters. The van der Waals surface area contributed by atoms with Crippen LogP contribution in [0.1, 0.15) is 0 Å². The van der Waals surface area contributed by atoms with Gasteiger partial charge in [-0.15, -0.1) is 0 Å². The van der Waals surface area contributed by atoms with E-state index in [4.69, 9.17) is 5.11 Å². The molecule has 1 rings (SSSR count). The van der Waals surface area contributed by atoms with Crippen molar-refractivity contribution in [1.82, 2.24) is 0 Å². The van der Waals surface area contributed by atoms with Crippen molar-refractivity contribution >= 4 is 6.21 Å². The molecule has 0 radical (unpaired) electrons. The van der Waals surface area contributed by atoms with Crippen molar-refractivity contribution in [3.63, 3.8) is 0 Å². The number of hydrogen-bond acceptors (Lipinski definition) is 2. The summed E-state index contributed by atoms with van der Waals surface area (Å²) in [6, 6.07) is 0. The predicted molar refractivity (Wildman–Crippen MR) is 33.1 cm³/mol. The first-order chi connectivity index (χ1) is 3.93. The second-order valence-electron chi connectivity index (χ2n) is 1.84. The third-order valence-corrected chi connectivity index (χ3v) is 1.15. The van der Waals surface area contributed by atoms with Crippen molar-refractivity contribution in [2.75, 3.05) is 13.2 Å². The van der Waals surface area contributed by atoms with Crippen LogP contribution in [0, 0.1) is 5.92 Å². The molecule has 1 N–H and O–H groups in total. The third-order valence-electron chi connectivity index (χ3n) is 1.15. The molecule has 0 aromatic rings. The van der Waals surface area contributed by atoms with Gasteiger partial charge in [0.05, 0.1) is 6.61 Å². The maximum Gasteiger partial charge on any atom is 0.0511 e. The SMILES string of the molecule is OCC1C=CC=NC1. The molecule has 2 heteroatoms. The normalized spacial score (nSPS) is 26.4. The van der Waals surface area contributed by atoms with E-state index in [-0.39, 0.29) is 12.5 Å². The molecule has 2 nitrogen and oxygen atoms in total. The van der Waals surface area contributed by atoms with Crippen molar-refractivity contribution in [3.8, 4) is 0 Å². The number of rotatable bonds is 1. The summed E-state index contributed by atoms with van der Waals surface area (Å²) in [5, 5.41) is 8.57. The molecule has 8 heavy (non-hydrogen) atoms. The second kappa shape index (κ2) is 2.62. The Kier molecular flexibility index (Phi) is 1.80. The summed E-state index contributed by atoms with van der Waals surface area (Å²) in [5.74, 6) is 0.264. The highest BCUT2D eigenvalue weighted by molar-refractivity contribution is 5.71. The molecule has 0 aliphatic carbocycles. The molecular weight excluding hydrogens is 102 g/mol. The number of hydrogen-bond donors (Lipinski definition) is 1. The van der Waals surface area contributed by atoms with Gasteiger partial charge in [-0.2, -0.15) is 0 Å². The van der Waals surface area contributed by atoms with Crippen molar-refractivity contribution in [2.24, 2.45) is 10.9 Å². The highest BCUT2D eigenvalue weighted by Crippen LogP contribution is 2.00. The summed E-state index contributed by atoms with van der Waals surface area (Å²) in [6.07, 6.45) is 5.59. The van der Waals surface area contributed by atoms with Gasteiger partial charge >= 0.3 is 0 Å². The minimum atomic E-state index is 0.216. The maximum absolute atomic E-state index is 8.57. The molecular formula is C6H9NO. The molecule has 1 aliphatic heterocycles. The molecule has 0 amide bonds. The first kappa shape index (κ1) is 5.51. The van der Waals surface area contributed by atoms with Crippen molar-refractivity contribution in [3.05, 3.63) is 12.2 Å². The summed E-state index contributed by atoms with van der Waals surface area (Å²) in [7, 11) is 0. The van der Waals surface area contributed by atoms with Crippen LogP contribution in [-0.4, -0.2) is 24.5 Å². The first-order valence-electron chi connectivity index (χ1n) is 2.71. The van der Waals surface area contributed by atoms with E-state index < -0.39 is 0 Å². The number of aliphatic imine (C=N–C) groups is 1. The summed E-state index contributed by atoms with van der Waals surface area (Å²) < 4.78 is 0. The lowest BCUT2D eigenvalue weighted by Gasteiger charge is -2.06. The Morgan fingerprint density at radius 2 is 2.62 bits per heavy atom. The second-order valence-corrected chi connectivity index (χ2v) is 1.84. The quantitative estimate of drug-likeness (QED) is 0.516. The Morgan fingerprint density at radius 3 is 3.00 bits per heavy atom. The Labute approximate surface area is 48.6 Å². The average molecular weight is 111 g/mol. The number of allylic oxidation sites excluding steroid dienone is 1. The summed E-state index contributed by atoms with van der Waals surface area (Å²) in [5.41, 5.74) is 0. The van der Waals surface area contributed by atoms with Gasteiger partial charge in [0.25, 0.3) is 0 Å². The molecule has 0 saturated carbocycles. The van der Waals surface area contributed by atoms with Gasteiger partial charge in [0, 0.05) is 18.7 Å². The zero-order valence-corrected chi connectivity index (χ0v) is 4.62. The minimum Gasteiger partial charge on any atom is -0.396 e. The smallest absolute Gasteiger partial charge is 0.0511 e. The zero-order valence-electron chi connectivity index (χ0n) is 4.62. The highest BCUT2D eigenvalue weighted by atomic mass is 16.3. The molecule has 1 heterocycles. The Balaban J connectivity index is 2.40.